The smallest absolute Gasteiger partial charge is 0.0594 e. The molecule has 0 aliphatic heterocycles. The zero-order chi connectivity index (χ0) is 22.7. The normalized spacial score (nSPS) is 55.2. The van der Waals surface area contributed by atoms with E-state index in [-0.39, 0.29) is 11.5 Å². The van der Waals surface area contributed by atoms with Crippen molar-refractivity contribution in [1.82, 2.24) is 0 Å². The molecule has 31 heavy (non-hydrogen) atoms. The fourth-order valence-corrected chi connectivity index (χ4v) is 11.4. The molecule has 1 nitrogen and oxygen atoms in total. The molecule has 0 unspecified atom stereocenters. The fraction of sp³-hybridized carbons (Fsp3) is 0.933. The van der Waals surface area contributed by atoms with Crippen LogP contribution < -0.4 is 0 Å². The van der Waals surface area contributed by atoms with Crippen molar-refractivity contribution in [3.05, 3.63) is 11.6 Å². The van der Waals surface area contributed by atoms with Crippen molar-refractivity contribution in [2.45, 2.75) is 126 Å². The van der Waals surface area contributed by atoms with Crippen molar-refractivity contribution in [3.63, 3.8) is 0 Å². The van der Waals surface area contributed by atoms with Gasteiger partial charge >= 0.3 is 0 Å². The first kappa shape index (κ1) is 22.5. The Bertz CT molecular complexity index is 790. The summed E-state index contributed by atoms with van der Waals surface area (Å²) in [5.41, 5.74) is 3.93. The topological polar surface area (TPSA) is 20.2 Å². The van der Waals surface area contributed by atoms with E-state index in [9.17, 15) is 5.11 Å². The number of allylic oxidation sites excluding steroid dienone is 2. The molecule has 0 spiro atoms. The third-order valence-corrected chi connectivity index (χ3v) is 13.2. The van der Waals surface area contributed by atoms with Gasteiger partial charge in [-0.1, -0.05) is 73.5 Å². The van der Waals surface area contributed by atoms with Crippen molar-refractivity contribution >= 4 is 0 Å². The Morgan fingerprint density at radius 1 is 0.742 bits per heavy atom. The summed E-state index contributed by atoms with van der Waals surface area (Å²) in [4.78, 5) is 0. The summed E-state index contributed by atoms with van der Waals surface area (Å²) in [6.45, 7) is 20.6. The van der Waals surface area contributed by atoms with Crippen LogP contribution in [0.25, 0.3) is 0 Å². The molecular formula is C30H50O. The standard InChI is InChI=1S/C30H50O/c1-25(2)15-9-16-27(5)20(25)12-18-29(7)22(27)10-11-23-28(6)17-14-24(31)26(3,4)21(28)13-19-30(23,29)8/h10,20-21,23-24,31H,9,11-19H2,1-8H3/t20-,21-,23+,24-,27-,28-,29+,30+/m0/s1. The van der Waals surface area contributed by atoms with Gasteiger partial charge in [-0.05, 0) is 108 Å². The monoisotopic (exact) mass is 426 g/mol. The zero-order valence-corrected chi connectivity index (χ0v) is 21.9. The molecule has 4 fully saturated rings. The summed E-state index contributed by atoms with van der Waals surface area (Å²) in [5, 5.41) is 10.9. The highest BCUT2D eigenvalue weighted by Crippen LogP contribution is 2.76. The summed E-state index contributed by atoms with van der Waals surface area (Å²) < 4.78 is 0. The van der Waals surface area contributed by atoms with Crippen LogP contribution in [-0.4, -0.2) is 11.2 Å². The molecule has 0 aromatic rings. The summed E-state index contributed by atoms with van der Waals surface area (Å²) in [7, 11) is 0. The lowest BCUT2D eigenvalue weighted by Gasteiger charge is -2.72. The maximum atomic E-state index is 10.9. The summed E-state index contributed by atoms with van der Waals surface area (Å²) in [6, 6.07) is 0. The van der Waals surface area contributed by atoms with Crippen molar-refractivity contribution in [2.24, 2.45) is 50.2 Å². The Morgan fingerprint density at radius 2 is 1.42 bits per heavy atom. The number of rotatable bonds is 0. The van der Waals surface area contributed by atoms with Crippen molar-refractivity contribution in [3.8, 4) is 0 Å². The average Bonchev–Trinajstić information content (AvgIpc) is 2.65. The van der Waals surface area contributed by atoms with Crippen LogP contribution in [0.3, 0.4) is 0 Å². The zero-order valence-electron chi connectivity index (χ0n) is 21.9. The molecule has 5 aliphatic rings. The molecule has 4 saturated carbocycles. The molecule has 0 aromatic carbocycles. The average molecular weight is 427 g/mol. The lowest BCUT2D eigenvalue weighted by atomic mass is 9.32. The van der Waals surface area contributed by atoms with Gasteiger partial charge in [0, 0.05) is 0 Å². The number of aliphatic hydroxyl groups is 1. The molecule has 0 heterocycles. The molecule has 1 heteroatoms. The van der Waals surface area contributed by atoms with Gasteiger partial charge in [-0.3, -0.25) is 0 Å². The van der Waals surface area contributed by atoms with E-state index >= 15 is 0 Å². The van der Waals surface area contributed by atoms with Gasteiger partial charge < -0.3 is 5.11 Å². The van der Waals surface area contributed by atoms with Crippen LogP contribution in [-0.2, 0) is 0 Å². The van der Waals surface area contributed by atoms with Crippen molar-refractivity contribution in [2.75, 3.05) is 0 Å². The maximum Gasteiger partial charge on any atom is 0.0594 e. The van der Waals surface area contributed by atoms with Gasteiger partial charge in [0.15, 0.2) is 0 Å². The molecule has 0 saturated heterocycles. The first-order valence-electron chi connectivity index (χ1n) is 13.6. The summed E-state index contributed by atoms with van der Waals surface area (Å²) in [5.74, 6) is 2.26. The van der Waals surface area contributed by atoms with E-state index in [2.05, 4.69) is 61.5 Å². The second-order valence-corrected chi connectivity index (χ2v) is 15.0. The molecule has 0 bridgehead atoms. The lowest BCUT2D eigenvalue weighted by Crippen LogP contribution is -2.65. The second-order valence-electron chi connectivity index (χ2n) is 15.0. The number of hydrogen-bond donors (Lipinski definition) is 1. The first-order chi connectivity index (χ1) is 14.2. The highest BCUT2D eigenvalue weighted by molar-refractivity contribution is 5.35. The first-order valence-corrected chi connectivity index (χ1v) is 13.6. The molecule has 0 radical (unpaired) electrons. The molecule has 0 amide bonds. The van der Waals surface area contributed by atoms with E-state index < -0.39 is 0 Å². The van der Waals surface area contributed by atoms with Gasteiger partial charge in [0.05, 0.1) is 6.10 Å². The Labute approximate surface area is 192 Å². The number of aliphatic hydroxyl groups excluding tert-OH is 1. The lowest BCUT2D eigenvalue weighted by molar-refractivity contribution is -0.205. The number of fused-ring (bicyclic) bond motifs is 7. The summed E-state index contributed by atoms with van der Waals surface area (Å²) in [6.07, 6.45) is 15.9. The molecular weight excluding hydrogens is 376 g/mol. The Hall–Kier alpha value is -0.300. The van der Waals surface area contributed by atoms with Gasteiger partial charge in [0.2, 0.25) is 0 Å². The molecule has 0 aromatic heterocycles. The molecule has 5 rings (SSSR count). The minimum atomic E-state index is -0.126. The Morgan fingerprint density at radius 3 is 2.13 bits per heavy atom. The minimum absolute atomic E-state index is 0.0518. The van der Waals surface area contributed by atoms with E-state index in [4.69, 9.17) is 0 Å². The van der Waals surface area contributed by atoms with Gasteiger partial charge in [-0.15, -0.1) is 0 Å². The fourth-order valence-electron chi connectivity index (χ4n) is 11.4. The van der Waals surface area contributed by atoms with E-state index in [0.717, 1.165) is 18.3 Å². The van der Waals surface area contributed by atoms with E-state index in [1.807, 2.05) is 5.57 Å². The third kappa shape index (κ3) is 2.60. The highest BCUT2D eigenvalue weighted by Gasteiger charge is 2.68. The maximum absolute atomic E-state index is 10.9. The van der Waals surface area contributed by atoms with Gasteiger partial charge in [0.25, 0.3) is 0 Å². The van der Waals surface area contributed by atoms with Crippen LogP contribution in [0.15, 0.2) is 11.6 Å². The van der Waals surface area contributed by atoms with Gasteiger partial charge in [-0.25, -0.2) is 0 Å². The van der Waals surface area contributed by atoms with Crippen LogP contribution in [0.4, 0.5) is 0 Å². The predicted octanol–water partition coefficient (Wildman–Crippen LogP) is 8.17. The predicted molar refractivity (Wildman–Crippen MR) is 131 cm³/mol. The Kier molecular flexibility index (Phi) is 4.66. The molecule has 5 aliphatic carbocycles. The summed E-state index contributed by atoms with van der Waals surface area (Å²) >= 11 is 0. The van der Waals surface area contributed by atoms with Crippen LogP contribution in [0.5, 0.6) is 0 Å². The van der Waals surface area contributed by atoms with E-state index in [1.54, 1.807) is 0 Å². The molecule has 8 atom stereocenters. The van der Waals surface area contributed by atoms with Crippen LogP contribution in [0, 0.1) is 50.2 Å². The van der Waals surface area contributed by atoms with Crippen LogP contribution >= 0.6 is 0 Å². The van der Waals surface area contributed by atoms with Crippen LogP contribution in [0.2, 0.25) is 0 Å². The third-order valence-electron chi connectivity index (χ3n) is 13.2. The largest absolute Gasteiger partial charge is 0.393 e. The number of hydrogen-bond acceptors (Lipinski definition) is 1. The molecule has 1 N–H and O–H groups in total. The van der Waals surface area contributed by atoms with E-state index in [1.165, 1.54) is 57.8 Å². The van der Waals surface area contributed by atoms with Crippen molar-refractivity contribution < 1.29 is 5.11 Å². The quantitative estimate of drug-likeness (QED) is 0.387. The van der Waals surface area contributed by atoms with E-state index in [0.29, 0.717) is 33.0 Å². The highest BCUT2D eigenvalue weighted by atomic mass is 16.3. The van der Waals surface area contributed by atoms with Gasteiger partial charge in [-0.2, -0.15) is 0 Å². The molecule has 176 valence electrons. The van der Waals surface area contributed by atoms with Crippen LogP contribution in [0.1, 0.15) is 120 Å². The Balaban J connectivity index is 1.59. The van der Waals surface area contributed by atoms with Crippen molar-refractivity contribution in [1.29, 1.82) is 0 Å². The SMILES string of the molecule is CC1(C)CCC[C@]2(C)C3=CC[C@@H]4[C@@]5(C)CC[C@H](O)C(C)(C)[C@@H]5CC[C@@]4(C)[C@]3(C)CC[C@@H]12. The second kappa shape index (κ2) is 6.43. The minimum Gasteiger partial charge on any atom is -0.393 e. The van der Waals surface area contributed by atoms with Gasteiger partial charge in [0.1, 0.15) is 0 Å².